The van der Waals surface area contributed by atoms with Gasteiger partial charge < -0.3 is 10.2 Å². The van der Waals surface area contributed by atoms with Gasteiger partial charge in [0.15, 0.2) is 0 Å². The number of nitrogens with zero attached hydrogens (tertiary/aromatic N) is 3. The lowest BCUT2D eigenvalue weighted by Gasteiger charge is -2.19. The molecule has 0 atom stereocenters. The van der Waals surface area contributed by atoms with Gasteiger partial charge in [0.1, 0.15) is 5.82 Å². The Bertz CT molecular complexity index is 645. The first-order valence-electron chi connectivity index (χ1n) is 8.09. The van der Waals surface area contributed by atoms with Crippen LogP contribution in [-0.4, -0.2) is 23.1 Å². The van der Waals surface area contributed by atoms with Gasteiger partial charge in [-0.2, -0.15) is 4.98 Å². The molecule has 1 aromatic carbocycles. The molecule has 1 aliphatic rings. The summed E-state index contributed by atoms with van der Waals surface area (Å²) in [5.74, 6) is 2.18. The van der Waals surface area contributed by atoms with E-state index in [-0.39, 0.29) is 0 Å². The Morgan fingerprint density at radius 2 is 1.91 bits per heavy atom. The van der Waals surface area contributed by atoms with Gasteiger partial charge >= 0.3 is 0 Å². The second-order valence-electron chi connectivity index (χ2n) is 6.25. The second-order valence-corrected chi connectivity index (χ2v) is 6.25. The van der Waals surface area contributed by atoms with Crippen LogP contribution in [0.2, 0.25) is 0 Å². The van der Waals surface area contributed by atoms with E-state index in [1.165, 1.54) is 29.7 Å². The number of hydrogen-bond donors (Lipinski definition) is 1. The molecule has 0 bridgehead atoms. The first-order chi connectivity index (χ1) is 10.6. The number of aryl methyl sites for hydroxylation is 1. The molecule has 1 aliphatic heterocycles. The molecule has 116 valence electrons. The molecule has 0 amide bonds. The van der Waals surface area contributed by atoms with Crippen LogP contribution in [0.4, 0.5) is 17.5 Å². The largest absolute Gasteiger partial charge is 0.341 e. The summed E-state index contributed by atoms with van der Waals surface area (Å²) >= 11 is 0. The van der Waals surface area contributed by atoms with E-state index < -0.39 is 0 Å². The first-order valence-corrected chi connectivity index (χ1v) is 8.09. The van der Waals surface area contributed by atoms with Crippen molar-refractivity contribution in [1.82, 2.24) is 9.97 Å². The summed E-state index contributed by atoms with van der Waals surface area (Å²) in [6, 6.07) is 8.38. The minimum absolute atomic E-state index is 0.474. The molecule has 1 fully saturated rings. The number of rotatable bonds is 4. The van der Waals surface area contributed by atoms with E-state index in [0.29, 0.717) is 5.92 Å². The third-order valence-corrected chi connectivity index (χ3v) is 4.21. The number of aromatic nitrogens is 2. The molecule has 4 nitrogen and oxygen atoms in total. The topological polar surface area (TPSA) is 41.1 Å². The van der Waals surface area contributed by atoms with Crippen molar-refractivity contribution in [2.75, 3.05) is 23.3 Å². The maximum absolute atomic E-state index is 4.70. The zero-order valence-corrected chi connectivity index (χ0v) is 13.6. The average Bonchev–Trinajstić information content (AvgIpc) is 3.04. The van der Waals surface area contributed by atoms with Crippen molar-refractivity contribution in [3.8, 4) is 0 Å². The average molecular weight is 296 g/mol. The number of anilines is 3. The van der Waals surface area contributed by atoms with Gasteiger partial charge in [0.2, 0.25) is 5.95 Å². The molecule has 3 rings (SSSR count). The van der Waals surface area contributed by atoms with E-state index in [2.05, 4.69) is 54.2 Å². The van der Waals surface area contributed by atoms with E-state index in [9.17, 15) is 0 Å². The highest BCUT2D eigenvalue weighted by Crippen LogP contribution is 2.30. The van der Waals surface area contributed by atoms with Crippen molar-refractivity contribution >= 4 is 17.5 Å². The summed E-state index contributed by atoms with van der Waals surface area (Å²) in [7, 11) is 0. The smallest absolute Gasteiger partial charge is 0.227 e. The zero-order valence-electron chi connectivity index (χ0n) is 13.6. The normalized spacial score (nSPS) is 14.6. The van der Waals surface area contributed by atoms with Crippen molar-refractivity contribution in [3.63, 3.8) is 0 Å². The molecule has 0 saturated carbocycles. The van der Waals surface area contributed by atoms with Crippen molar-refractivity contribution in [2.24, 2.45) is 0 Å². The number of para-hydroxylation sites is 1. The predicted octanol–water partition coefficient (Wildman–Crippen LogP) is 4.25. The lowest BCUT2D eigenvalue weighted by atomic mass is 9.98. The standard InChI is InChI=1S/C18H24N4/c1-13(2)15-8-6-7-14(3)17(15)20-16-9-10-19-18(21-16)22-11-4-5-12-22/h6-10,13H,4-5,11-12H2,1-3H3,(H,19,20,21). The van der Waals surface area contributed by atoms with Gasteiger partial charge in [0.25, 0.3) is 0 Å². The number of hydrogen-bond acceptors (Lipinski definition) is 4. The van der Waals surface area contributed by atoms with Crippen molar-refractivity contribution < 1.29 is 0 Å². The number of benzene rings is 1. The fourth-order valence-corrected chi connectivity index (χ4v) is 2.96. The van der Waals surface area contributed by atoms with Gasteiger partial charge in [-0.25, -0.2) is 4.98 Å². The number of nitrogens with one attached hydrogen (secondary N) is 1. The van der Waals surface area contributed by atoms with Crippen LogP contribution in [0.1, 0.15) is 43.7 Å². The summed E-state index contributed by atoms with van der Waals surface area (Å²) in [6.45, 7) is 8.69. The third-order valence-electron chi connectivity index (χ3n) is 4.21. The van der Waals surface area contributed by atoms with E-state index in [4.69, 9.17) is 4.98 Å². The fraction of sp³-hybridized carbons (Fsp3) is 0.444. The van der Waals surface area contributed by atoms with Crippen LogP contribution in [0.15, 0.2) is 30.5 Å². The molecule has 2 heterocycles. The molecule has 0 unspecified atom stereocenters. The molecule has 0 aliphatic carbocycles. The van der Waals surface area contributed by atoms with Crippen molar-refractivity contribution in [1.29, 1.82) is 0 Å². The second kappa shape index (κ2) is 6.34. The third kappa shape index (κ3) is 3.06. The first kappa shape index (κ1) is 14.8. The highest BCUT2D eigenvalue weighted by atomic mass is 15.3. The molecular formula is C18H24N4. The summed E-state index contributed by atoms with van der Waals surface area (Å²) in [5.41, 5.74) is 3.73. The van der Waals surface area contributed by atoms with Crippen LogP contribution in [0.25, 0.3) is 0 Å². The minimum atomic E-state index is 0.474. The van der Waals surface area contributed by atoms with Crippen LogP contribution in [0, 0.1) is 6.92 Å². The van der Waals surface area contributed by atoms with Gasteiger partial charge in [0.05, 0.1) is 0 Å². The van der Waals surface area contributed by atoms with Gasteiger partial charge in [-0.1, -0.05) is 32.0 Å². The Hall–Kier alpha value is -2.10. The van der Waals surface area contributed by atoms with Crippen LogP contribution in [0.3, 0.4) is 0 Å². The fourth-order valence-electron chi connectivity index (χ4n) is 2.96. The molecule has 2 aromatic rings. The van der Waals surface area contributed by atoms with Crippen molar-refractivity contribution in [2.45, 2.75) is 39.5 Å². The lowest BCUT2D eigenvalue weighted by Crippen LogP contribution is -2.20. The summed E-state index contributed by atoms with van der Waals surface area (Å²) < 4.78 is 0. The Morgan fingerprint density at radius 1 is 1.14 bits per heavy atom. The Balaban J connectivity index is 1.89. The van der Waals surface area contributed by atoms with E-state index in [0.717, 1.165) is 24.9 Å². The lowest BCUT2D eigenvalue weighted by molar-refractivity contribution is 0.866. The monoisotopic (exact) mass is 296 g/mol. The van der Waals surface area contributed by atoms with Crippen LogP contribution in [-0.2, 0) is 0 Å². The SMILES string of the molecule is Cc1cccc(C(C)C)c1Nc1ccnc(N2CCCC2)n1. The summed E-state index contributed by atoms with van der Waals surface area (Å²) in [5, 5.41) is 3.51. The van der Waals surface area contributed by atoms with Gasteiger partial charge in [-0.15, -0.1) is 0 Å². The maximum Gasteiger partial charge on any atom is 0.227 e. The van der Waals surface area contributed by atoms with Gasteiger partial charge in [-0.3, -0.25) is 0 Å². The van der Waals surface area contributed by atoms with E-state index in [1.54, 1.807) is 0 Å². The molecule has 1 aromatic heterocycles. The van der Waals surface area contributed by atoms with E-state index >= 15 is 0 Å². The quantitative estimate of drug-likeness (QED) is 0.915. The minimum Gasteiger partial charge on any atom is -0.341 e. The Morgan fingerprint density at radius 3 is 2.64 bits per heavy atom. The van der Waals surface area contributed by atoms with Crippen LogP contribution in [0.5, 0.6) is 0 Å². The highest BCUT2D eigenvalue weighted by Gasteiger charge is 2.16. The molecule has 0 spiro atoms. The summed E-state index contributed by atoms with van der Waals surface area (Å²) in [4.78, 5) is 11.4. The maximum atomic E-state index is 4.70. The van der Waals surface area contributed by atoms with Crippen LogP contribution < -0.4 is 10.2 Å². The molecule has 1 saturated heterocycles. The predicted molar refractivity (Wildman–Crippen MR) is 92.0 cm³/mol. The van der Waals surface area contributed by atoms with Gasteiger partial charge in [0, 0.05) is 25.0 Å². The van der Waals surface area contributed by atoms with Gasteiger partial charge in [-0.05, 0) is 42.9 Å². The molecule has 4 heteroatoms. The van der Waals surface area contributed by atoms with Crippen LogP contribution >= 0.6 is 0 Å². The zero-order chi connectivity index (χ0) is 15.5. The molecular weight excluding hydrogens is 272 g/mol. The Labute approximate surface area is 132 Å². The van der Waals surface area contributed by atoms with Crippen molar-refractivity contribution in [3.05, 3.63) is 41.6 Å². The molecule has 0 radical (unpaired) electrons. The highest BCUT2D eigenvalue weighted by molar-refractivity contribution is 5.66. The molecule has 22 heavy (non-hydrogen) atoms. The molecule has 1 N–H and O–H groups in total. The summed E-state index contributed by atoms with van der Waals surface area (Å²) in [6.07, 6.45) is 4.31. The Kier molecular flexibility index (Phi) is 4.27. The van der Waals surface area contributed by atoms with E-state index in [1.807, 2.05) is 12.3 Å².